The molecule has 0 radical (unpaired) electrons. The normalized spacial score (nSPS) is 19.9. The summed E-state index contributed by atoms with van der Waals surface area (Å²) >= 11 is 0. The van der Waals surface area contributed by atoms with E-state index >= 15 is 0 Å². The summed E-state index contributed by atoms with van der Waals surface area (Å²) in [6.07, 6.45) is -6.76. The maximum absolute atomic E-state index is 13.2. The summed E-state index contributed by atoms with van der Waals surface area (Å²) in [5, 5.41) is 7.67. The van der Waals surface area contributed by atoms with Crippen LogP contribution in [0, 0.1) is 0 Å². The van der Waals surface area contributed by atoms with Crippen LogP contribution in [0.15, 0.2) is 23.3 Å². The van der Waals surface area contributed by atoms with E-state index in [1.165, 1.54) is 11.8 Å². The molecular formula is C23H26F6N6O4. The Hall–Kier alpha value is -3.56. The number of carbonyl (C=O) groups is 1. The Labute approximate surface area is 218 Å². The molecule has 0 aromatic carbocycles. The third-order valence-corrected chi connectivity index (χ3v) is 6.63. The lowest BCUT2D eigenvalue weighted by Gasteiger charge is -2.45. The summed E-state index contributed by atoms with van der Waals surface area (Å²) in [6.45, 7) is 1.67. The zero-order valence-electron chi connectivity index (χ0n) is 20.9. The van der Waals surface area contributed by atoms with E-state index in [0.717, 1.165) is 18.5 Å². The molecule has 214 valence electrons. The maximum atomic E-state index is 13.2. The molecule has 0 aliphatic carbocycles. The predicted molar refractivity (Wildman–Crippen MR) is 125 cm³/mol. The zero-order valence-corrected chi connectivity index (χ0v) is 20.9. The minimum absolute atomic E-state index is 0.0679. The monoisotopic (exact) mass is 564 g/mol. The summed E-state index contributed by atoms with van der Waals surface area (Å²) in [6, 6.07) is -0.120. The Morgan fingerprint density at radius 3 is 2.72 bits per heavy atom. The number of aromatic amines is 1. The number of H-pyrrole nitrogens is 1. The largest absolute Gasteiger partial charge is 0.488 e. The third-order valence-electron chi connectivity index (χ3n) is 6.63. The first kappa shape index (κ1) is 28.4. The summed E-state index contributed by atoms with van der Waals surface area (Å²) in [5.41, 5.74) is -4.17. The molecule has 2 aromatic heterocycles. The van der Waals surface area contributed by atoms with Crippen LogP contribution in [0.5, 0.6) is 5.75 Å². The van der Waals surface area contributed by atoms with Gasteiger partial charge in [0.2, 0.25) is 5.91 Å². The Morgan fingerprint density at radius 1 is 1.28 bits per heavy atom. The Bertz CT molecular complexity index is 1250. The number of amides is 1. The SMILES string of the molecule is C[C@@H](COCC(=O)N(C)[C@@H]1CCN2c3ncc(C(F)(F)F)cc3OC[C@@H]2C1)Nc1cn[nH]c(=O)c1C(F)(F)F. The topological polar surface area (TPSA) is 113 Å². The van der Waals surface area contributed by atoms with Crippen LogP contribution >= 0.6 is 0 Å². The highest BCUT2D eigenvalue weighted by Crippen LogP contribution is 2.40. The molecule has 39 heavy (non-hydrogen) atoms. The average Bonchev–Trinajstić information content (AvgIpc) is 2.86. The molecule has 4 rings (SSSR count). The standard InChI is InChI=1S/C23H26F6N6O4/c1-12(32-16-8-31-33-21(37)19(16)23(27,28)29)9-38-11-18(36)34(2)14-3-4-35-15(6-14)10-39-17-5-13(22(24,25)26)7-30-20(17)35/h5,7-8,12,14-15H,3-4,6,9-11H2,1-2H3,(H2,32,33,37)/t12-,14+,15-/m0/s1. The van der Waals surface area contributed by atoms with Gasteiger partial charge in [-0.25, -0.2) is 10.1 Å². The number of rotatable bonds is 7. The number of likely N-dealkylation sites (N-methyl/N-ethyl adjacent to an activating group) is 1. The fourth-order valence-corrected chi connectivity index (χ4v) is 4.64. The van der Waals surface area contributed by atoms with Crippen LogP contribution in [0.4, 0.5) is 37.8 Å². The van der Waals surface area contributed by atoms with Gasteiger partial charge in [-0.15, -0.1) is 0 Å². The number of piperidine rings is 1. The third kappa shape index (κ3) is 6.37. The predicted octanol–water partition coefficient (Wildman–Crippen LogP) is 2.91. The van der Waals surface area contributed by atoms with Gasteiger partial charge < -0.3 is 24.6 Å². The van der Waals surface area contributed by atoms with E-state index in [0.29, 0.717) is 25.2 Å². The second-order valence-corrected chi connectivity index (χ2v) is 9.43. The van der Waals surface area contributed by atoms with Gasteiger partial charge in [-0.2, -0.15) is 31.4 Å². The molecule has 4 heterocycles. The quantitative estimate of drug-likeness (QED) is 0.494. The lowest BCUT2D eigenvalue weighted by Crippen LogP contribution is -2.54. The van der Waals surface area contributed by atoms with Crippen LogP contribution in [0.1, 0.15) is 30.9 Å². The summed E-state index contributed by atoms with van der Waals surface area (Å²) in [7, 11) is 1.61. The number of nitrogens with zero attached hydrogens (tertiary/aromatic N) is 4. The minimum Gasteiger partial charge on any atom is -0.488 e. The lowest BCUT2D eigenvalue weighted by molar-refractivity contribution is -0.138. The van der Waals surface area contributed by atoms with Gasteiger partial charge in [0.15, 0.2) is 11.6 Å². The number of alkyl halides is 6. The molecule has 2 aliphatic heterocycles. The summed E-state index contributed by atoms with van der Waals surface area (Å²) < 4.78 is 89.5. The van der Waals surface area contributed by atoms with Crippen molar-refractivity contribution in [2.75, 3.05) is 43.6 Å². The van der Waals surface area contributed by atoms with Crippen molar-refractivity contribution in [3.05, 3.63) is 39.9 Å². The van der Waals surface area contributed by atoms with Crippen molar-refractivity contribution in [1.82, 2.24) is 20.1 Å². The molecule has 1 fully saturated rings. The molecular weight excluding hydrogens is 538 g/mol. The molecule has 3 atom stereocenters. The van der Waals surface area contributed by atoms with Crippen LogP contribution in [-0.4, -0.2) is 77.5 Å². The van der Waals surface area contributed by atoms with Gasteiger partial charge in [0.1, 0.15) is 18.8 Å². The summed E-state index contributed by atoms with van der Waals surface area (Å²) in [4.78, 5) is 31.7. The molecule has 0 bridgehead atoms. The zero-order chi connectivity index (χ0) is 28.5. The number of ether oxygens (including phenoxy) is 2. The fourth-order valence-electron chi connectivity index (χ4n) is 4.64. The van der Waals surface area contributed by atoms with Crippen molar-refractivity contribution in [2.24, 2.45) is 0 Å². The van der Waals surface area contributed by atoms with Crippen LogP contribution in [0.25, 0.3) is 0 Å². The van der Waals surface area contributed by atoms with Gasteiger partial charge >= 0.3 is 12.4 Å². The van der Waals surface area contributed by atoms with Crippen molar-refractivity contribution in [3.8, 4) is 5.75 Å². The second-order valence-electron chi connectivity index (χ2n) is 9.43. The van der Waals surface area contributed by atoms with E-state index in [1.807, 2.05) is 4.90 Å². The summed E-state index contributed by atoms with van der Waals surface area (Å²) in [5.74, 6) is 0.0543. The highest BCUT2D eigenvalue weighted by Gasteiger charge is 2.40. The first-order valence-corrected chi connectivity index (χ1v) is 12.0. The Balaban J connectivity index is 1.28. The molecule has 0 spiro atoms. The molecule has 2 N–H and O–H groups in total. The second kappa shape index (κ2) is 10.9. The number of fused-ring (bicyclic) bond motifs is 3. The number of hydrogen-bond acceptors (Lipinski definition) is 8. The van der Waals surface area contributed by atoms with Crippen LogP contribution in [-0.2, 0) is 21.9 Å². The van der Waals surface area contributed by atoms with Crippen molar-refractivity contribution >= 4 is 17.4 Å². The lowest BCUT2D eigenvalue weighted by atomic mass is 9.95. The molecule has 2 aromatic rings. The van der Waals surface area contributed by atoms with Gasteiger partial charge in [0, 0.05) is 31.9 Å². The van der Waals surface area contributed by atoms with Gasteiger partial charge in [-0.1, -0.05) is 0 Å². The Kier molecular flexibility index (Phi) is 7.95. The molecule has 16 heteroatoms. The van der Waals surface area contributed by atoms with Crippen LogP contribution < -0.4 is 20.5 Å². The highest BCUT2D eigenvalue weighted by atomic mass is 19.4. The fraction of sp³-hybridized carbons (Fsp3) is 0.565. The van der Waals surface area contributed by atoms with Crippen molar-refractivity contribution in [1.29, 1.82) is 0 Å². The number of hydrogen-bond donors (Lipinski definition) is 2. The van der Waals surface area contributed by atoms with E-state index in [2.05, 4.69) is 15.4 Å². The van der Waals surface area contributed by atoms with Crippen molar-refractivity contribution in [3.63, 3.8) is 0 Å². The molecule has 0 unspecified atom stereocenters. The highest BCUT2D eigenvalue weighted by molar-refractivity contribution is 5.77. The molecule has 0 saturated carbocycles. The number of pyridine rings is 1. The maximum Gasteiger partial charge on any atom is 0.423 e. The number of carbonyl (C=O) groups excluding carboxylic acids is 1. The van der Waals surface area contributed by atoms with E-state index in [4.69, 9.17) is 9.47 Å². The molecule has 1 saturated heterocycles. The molecule has 10 nitrogen and oxygen atoms in total. The number of nitrogens with one attached hydrogen (secondary N) is 2. The molecule has 2 aliphatic rings. The number of aromatic nitrogens is 3. The minimum atomic E-state index is -4.89. The Morgan fingerprint density at radius 2 is 2.03 bits per heavy atom. The van der Waals surface area contributed by atoms with E-state index in [1.54, 1.807) is 12.1 Å². The van der Waals surface area contributed by atoms with Gasteiger partial charge in [-0.3, -0.25) is 9.59 Å². The number of anilines is 2. The van der Waals surface area contributed by atoms with Gasteiger partial charge in [-0.05, 0) is 25.8 Å². The van der Waals surface area contributed by atoms with E-state index < -0.39 is 40.8 Å². The van der Waals surface area contributed by atoms with Crippen LogP contribution in [0.2, 0.25) is 0 Å². The number of halogens is 6. The van der Waals surface area contributed by atoms with Crippen molar-refractivity contribution < 1.29 is 40.6 Å². The average molecular weight is 564 g/mol. The van der Waals surface area contributed by atoms with Crippen molar-refractivity contribution in [2.45, 2.75) is 50.2 Å². The van der Waals surface area contributed by atoms with Gasteiger partial charge in [0.05, 0.1) is 30.1 Å². The van der Waals surface area contributed by atoms with E-state index in [9.17, 15) is 35.9 Å². The smallest absolute Gasteiger partial charge is 0.423 e. The first-order valence-electron chi connectivity index (χ1n) is 12.0. The van der Waals surface area contributed by atoms with E-state index in [-0.39, 0.29) is 43.6 Å². The van der Waals surface area contributed by atoms with Gasteiger partial charge in [0.25, 0.3) is 5.56 Å². The first-order chi connectivity index (χ1) is 18.3. The molecule has 1 amide bonds. The van der Waals surface area contributed by atoms with Crippen LogP contribution in [0.3, 0.4) is 0 Å².